The van der Waals surface area contributed by atoms with Gasteiger partial charge in [0.25, 0.3) is 0 Å². The zero-order valence-electron chi connectivity index (χ0n) is 10.4. The first kappa shape index (κ1) is 12.7. The zero-order chi connectivity index (χ0) is 13.0. The average molecular weight is 250 g/mol. The lowest BCUT2D eigenvalue weighted by atomic mass is 10.1. The summed E-state index contributed by atoms with van der Waals surface area (Å²) in [6.45, 7) is 1.46. The molecular formula is C13H18N2O3. The molecule has 0 spiro atoms. The first-order chi connectivity index (χ1) is 8.72. The van der Waals surface area contributed by atoms with Crippen LogP contribution in [0.15, 0.2) is 18.2 Å². The smallest absolute Gasteiger partial charge is 0.340 e. The van der Waals surface area contributed by atoms with E-state index in [-0.39, 0.29) is 6.10 Å². The summed E-state index contributed by atoms with van der Waals surface area (Å²) in [6, 6.07) is 5.18. The van der Waals surface area contributed by atoms with Gasteiger partial charge in [0.05, 0.1) is 30.2 Å². The number of hydrogen-bond acceptors (Lipinski definition) is 5. The van der Waals surface area contributed by atoms with Crippen LogP contribution in [0.4, 0.5) is 11.4 Å². The number of nitrogen functional groups attached to an aromatic ring is 1. The van der Waals surface area contributed by atoms with E-state index in [2.05, 4.69) is 5.32 Å². The van der Waals surface area contributed by atoms with Gasteiger partial charge in [0, 0.05) is 13.2 Å². The van der Waals surface area contributed by atoms with Crippen molar-refractivity contribution in [2.45, 2.75) is 18.9 Å². The van der Waals surface area contributed by atoms with E-state index in [9.17, 15) is 4.79 Å². The third-order valence-electron chi connectivity index (χ3n) is 3.03. The number of nitrogens with two attached hydrogens (primary N) is 1. The van der Waals surface area contributed by atoms with Gasteiger partial charge in [-0.3, -0.25) is 0 Å². The van der Waals surface area contributed by atoms with Crippen LogP contribution in [0, 0.1) is 0 Å². The van der Waals surface area contributed by atoms with Crippen molar-refractivity contribution < 1.29 is 14.3 Å². The summed E-state index contributed by atoms with van der Waals surface area (Å²) < 4.78 is 10.3. The molecule has 3 N–H and O–H groups in total. The first-order valence-corrected chi connectivity index (χ1v) is 6.04. The van der Waals surface area contributed by atoms with Crippen LogP contribution in [0.25, 0.3) is 0 Å². The normalized spacial score (nSPS) is 18.6. The molecule has 0 aliphatic carbocycles. The van der Waals surface area contributed by atoms with Crippen LogP contribution >= 0.6 is 0 Å². The van der Waals surface area contributed by atoms with Crippen LogP contribution in [-0.2, 0) is 9.47 Å². The molecule has 18 heavy (non-hydrogen) atoms. The highest BCUT2D eigenvalue weighted by Crippen LogP contribution is 2.25. The number of rotatable bonds is 4. The molecule has 1 atom stereocenters. The number of benzene rings is 1. The molecule has 5 heteroatoms. The maximum absolute atomic E-state index is 11.6. The monoisotopic (exact) mass is 250 g/mol. The summed E-state index contributed by atoms with van der Waals surface area (Å²) in [5, 5.41) is 3.19. The molecule has 5 nitrogen and oxygen atoms in total. The van der Waals surface area contributed by atoms with E-state index in [1.165, 1.54) is 7.11 Å². The molecule has 1 aromatic rings. The van der Waals surface area contributed by atoms with Crippen molar-refractivity contribution >= 4 is 17.3 Å². The number of anilines is 2. The lowest BCUT2D eigenvalue weighted by Crippen LogP contribution is -2.20. The number of ether oxygens (including phenoxy) is 2. The van der Waals surface area contributed by atoms with Gasteiger partial charge in [-0.05, 0) is 25.0 Å². The summed E-state index contributed by atoms with van der Waals surface area (Å²) in [6.07, 6.45) is 2.31. The van der Waals surface area contributed by atoms with Crippen molar-refractivity contribution in [3.05, 3.63) is 23.8 Å². The number of carbonyl (C=O) groups excluding carboxylic acids is 1. The largest absolute Gasteiger partial charge is 0.465 e. The van der Waals surface area contributed by atoms with Crippen LogP contribution in [0.2, 0.25) is 0 Å². The summed E-state index contributed by atoms with van der Waals surface area (Å²) in [5.41, 5.74) is 7.50. The summed E-state index contributed by atoms with van der Waals surface area (Å²) in [5.74, 6) is -0.392. The molecule has 1 saturated heterocycles. The molecule has 0 amide bonds. The van der Waals surface area contributed by atoms with Crippen molar-refractivity contribution in [3.63, 3.8) is 0 Å². The summed E-state index contributed by atoms with van der Waals surface area (Å²) >= 11 is 0. The zero-order valence-corrected chi connectivity index (χ0v) is 10.4. The molecule has 0 aromatic heterocycles. The van der Waals surface area contributed by atoms with E-state index in [1.54, 1.807) is 18.2 Å². The van der Waals surface area contributed by atoms with Gasteiger partial charge >= 0.3 is 5.97 Å². The minimum absolute atomic E-state index is 0.190. The predicted octanol–water partition coefficient (Wildman–Crippen LogP) is 1.65. The quantitative estimate of drug-likeness (QED) is 0.628. The average Bonchev–Trinajstić information content (AvgIpc) is 2.89. The number of esters is 1. The van der Waals surface area contributed by atoms with Gasteiger partial charge in [-0.2, -0.15) is 0 Å². The van der Waals surface area contributed by atoms with Crippen LogP contribution in [-0.4, -0.2) is 32.3 Å². The van der Waals surface area contributed by atoms with Crippen molar-refractivity contribution in [3.8, 4) is 0 Å². The fourth-order valence-electron chi connectivity index (χ4n) is 2.07. The molecular weight excluding hydrogens is 232 g/mol. The SMILES string of the molecule is COC(=O)c1cccc(N)c1NCC1CCCO1. The maximum Gasteiger partial charge on any atom is 0.340 e. The van der Waals surface area contributed by atoms with E-state index >= 15 is 0 Å². The standard InChI is InChI=1S/C13H18N2O3/c1-17-13(16)10-5-2-6-11(14)12(10)15-8-9-4-3-7-18-9/h2,5-6,9,15H,3-4,7-8,14H2,1H3. The molecule has 1 aliphatic heterocycles. The van der Waals surface area contributed by atoms with Crippen molar-refractivity contribution in [2.75, 3.05) is 31.3 Å². The number of carbonyl (C=O) groups is 1. The highest BCUT2D eigenvalue weighted by Gasteiger charge is 2.18. The molecule has 1 unspecified atom stereocenters. The Morgan fingerprint density at radius 1 is 1.61 bits per heavy atom. The van der Waals surface area contributed by atoms with E-state index in [1.807, 2.05) is 0 Å². The van der Waals surface area contributed by atoms with Crippen LogP contribution in [0.5, 0.6) is 0 Å². The van der Waals surface area contributed by atoms with Crippen LogP contribution < -0.4 is 11.1 Å². The minimum Gasteiger partial charge on any atom is -0.465 e. The Morgan fingerprint density at radius 3 is 3.11 bits per heavy atom. The lowest BCUT2D eigenvalue weighted by molar-refractivity contribution is 0.0601. The second-order valence-electron chi connectivity index (χ2n) is 4.28. The van der Waals surface area contributed by atoms with Gasteiger partial charge in [0.2, 0.25) is 0 Å². The van der Waals surface area contributed by atoms with Gasteiger partial charge in [-0.1, -0.05) is 6.07 Å². The molecule has 98 valence electrons. The Balaban J connectivity index is 2.11. The first-order valence-electron chi connectivity index (χ1n) is 6.04. The fraction of sp³-hybridized carbons (Fsp3) is 0.462. The van der Waals surface area contributed by atoms with Gasteiger partial charge in [-0.25, -0.2) is 4.79 Å². The summed E-state index contributed by atoms with van der Waals surface area (Å²) in [4.78, 5) is 11.6. The Hall–Kier alpha value is -1.75. The highest BCUT2D eigenvalue weighted by atomic mass is 16.5. The maximum atomic E-state index is 11.6. The fourth-order valence-corrected chi connectivity index (χ4v) is 2.07. The van der Waals surface area contributed by atoms with Gasteiger partial charge in [-0.15, -0.1) is 0 Å². The Morgan fingerprint density at radius 2 is 2.44 bits per heavy atom. The van der Waals surface area contributed by atoms with E-state index in [0.29, 0.717) is 23.5 Å². The molecule has 1 heterocycles. The minimum atomic E-state index is -0.392. The second-order valence-corrected chi connectivity index (χ2v) is 4.28. The van der Waals surface area contributed by atoms with Crippen molar-refractivity contribution in [1.29, 1.82) is 0 Å². The third kappa shape index (κ3) is 2.73. The third-order valence-corrected chi connectivity index (χ3v) is 3.03. The molecule has 2 rings (SSSR count). The number of nitrogens with one attached hydrogen (secondary N) is 1. The van der Waals surface area contributed by atoms with Crippen LogP contribution in [0.1, 0.15) is 23.2 Å². The molecule has 1 fully saturated rings. The van der Waals surface area contributed by atoms with E-state index in [0.717, 1.165) is 19.4 Å². The Labute approximate surface area is 106 Å². The predicted molar refractivity (Wildman–Crippen MR) is 69.7 cm³/mol. The second kappa shape index (κ2) is 5.73. The van der Waals surface area contributed by atoms with Gasteiger partial charge in [0.15, 0.2) is 0 Å². The Bertz CT molecular complexity index is 428. The van der Waals surface area contributed by atoms with E-state index < -0.39 is 5.97 Å². The lowest BCUT2D eigenvalue weighted by Gasteiger charge is -2.16. The summed E-state index contributed by atoms with van der Waals surface area (Å²) in [7, 11) is 1.36. The molecule has 1 aromatic carbocycles. The number of methoxy groups -OCH3 is 1. The molecule has 0 bridgehead atoms. The molecule has 0 saturated carbocycles. The van der Waals surface area contributed by atoms with Crippen molar-refractivity contribution in [1.82, 2.24) is 0 Å². The van der Waals surface area contributed by atoms with Crippen LogP contribution in [0.3, 0.4) is 0 Å². The molecule has 1 aliphatic rings. The Kier molecular flexibility index (Phi) is 4.04. The number of para-hydroxylation sites is 1. The topological polar surface area (TPSA) is 73.6 Å². The number of hydrogen-bond donors (Lipinski definition) is 2. The van der Waals surface area contributed by atoms with Crippen molar-refractivity contribution in [2.24, 2.45) is 0 Å². The highest BCUT2D eigenvalue weighted by molar-refractivity contribution is 5.98. The van der Waals surface area contributed by atoms with E-state index in [4.69, 9.17) is 15.2 Å². The molecule has 0 radical (unpaired) electrons. The van der Waals surface area contributed by atoms with Gasteiger partial charge < -0.3 is 20.5 Å². The van der Waals surface area contributed by atoms with Gasteiger partial charge in [0.1, 0.15) is 0 Å².